The summed E-state index contributed by atoms with van der Waals surface area (Å²) in [4.78, 5) is 20.7. The van der Waals surface area contributed by atoms with Crippen LogP contribution < -0.4 is 11.3 Å². The Kier molecular flexibility index (Phi) is 5.80. The lowest BCUT2D eigenvalue weighted by Gasteiger charge is -2.13. The number of hydrogen-bond donors (Lipinski definition) is 1. The van der Waals surface area contributed by atoms with Crippen LogP contribution in [-0.4, -0.2) is 20.1 Å². The molecule has 0 spiro atoms. The summed E-state index contributed by atoms with van der Waals surface area (Å²) < 4.78 is 1.51. The number of nitrogens with two attached hydrogens (primary N) is 1. The topological polar surface area (TPSA) is 72.8 Å². The maximum atomic E-state index is 11.9. The zero-order chi connectivity index (χ0) is 14.8. The van der Waals surface area contributed by atoms with Gasteiger partial charge in [-0.1, -0.05) is 17.8 Å². The van der Waals surface area contributed by atoms with Gasteiger partial charge in [-0.05, 0) is 32.9 Å². The monoisotopic (exact) mass is 326 g/mol. The molecule has 0 saturated carbocycles. The normalized spacial score (nSPS) is 12.2. The first-order valence-electron chi connectivity index (χ1n) is 6.31. The largest absolute Gasteiger partial charge is 0.379 e. The number of aliphatic imine (C=N–C) groups is 1. The molecule has 5 nitrogen and oxygen atoms in total. The van der Waals surface area contributed by atoms with Crippen molar-refractivity contribution in [2.75, 3.05) is 0 Å². The highest BCUT2D eigenvalue weighted by Gasteiger charge is 2.09. The van der Waals surface area contributed by atoms with Gasteiger partial charge in [0.2, 0.25) is 0 Å². The molecule has 0 aliphatic heterocycles. The SMILES string of the molecule is CC(C)(C)N=C(N)SCc1cc(=O)n2ccccc2n1.Cl. The molecule has 114 valence electrons. The van der Waals surface area contributed by atoms with E-state index in [-0.39, 0.29) is 23.5 Å². The van der Waals surface area contributed by atoms with E-state index in [1.165, 1.54) is 22.2 Å². The number of thioether (sulfide) groups is 1. The molecule has 0 aliphatic carbocycles. The summed E-state index contributed by atoms with van der Waals surface area (Å²) in [6, 6.07) is 7.00. The molecule has 21 heavy (non-hydrogen) atoms. The van der Waals surface area contributed by atoms with Crippen LogP contribution in [0.15, 0.2) is 40.2 Å². The Hall–Kier alpha value is -1.53. The molecule has 2 aromatic rings. The Morgan fingerprint density at radius 3 is 2.81 bits per heavy atom. The molecule has 0 atom stereocenters. The van der Waals surface area contributed by atoms with Crippen molar-refractivity contribution in [1.29, 1.82) is 0 Å². The lowest BCUT2D eigenvalue weighted by Crippen LogP contribution is -2.18. The van der Waals surface area contributed by atoms with E-state index < -0.39 is 0 Å². The first-order chi connectivity index (χ1) is 9.35. The standard InChI is InChI=1S/C14H18N4OS.ClH/c1-14(2,3)17-13(15)20-9-10-8-12(19)18-7-5-4-6-11(18)16-10;/h4-8H,9H2,1-3H3,(H2,15,17);1H. The van der Waals surface area contributed by atoms with Crippen molar-refractivity contribution >= 4 is 35.0 Å². The van der Waals surface area contributed by atoms with Crippen molar-refractivity contribution in [1.82, 2.24) is 9.38 Å². The molecule has 0 saturated heterocycles. The van der Waals surface area contributed by atoms with Crippen LogP contribution in [0.2, 0.25) is 0 Å². The smallest absolute Gasteiger partial charge is 0.258 e. The van der Waals surface area contributed by atoms with E-state index in [1.807, 2.05) is 32.9 Å². The second-order valence-electron chi connectivity index (χ2n) is 5.42. The summed E-state index contributed by atoms with van der Waals surface area (Å²) in [5.41, 5.74) is 6.92. The zero-order valence-electron chi connectivity index (χ0n) is 12.2. The second-order valence-corrected chi connectivity index (χ2v) is 6.42. The summed E-state index contributed by atoms with van der Waals surface area (Å²) in [5.74, 6) is 0.534. The van der Waals surface area contributed by atoms with Crippen LogP contribution in [0.5, 0.6) is 0 Å². The van der Waals surface area contributed by atoms with E-state index in [0.717, 1.165) is 0 Å². The minimum Gasteiger partial charge on any atom is -0.379 e. The lowest BCUT2D eigenvalue weighted by molar-refractivity contribution is 0.585. The van der Waals surface area contributed by atoms with E-state index in [2.05, 4.69) is 9.98 Å². The number of fused-ring (bicyclic) bond motifs is 1. The highest BCUT2D eigenvalue weighted by atomic mass is 35.5. The highest BCUT2D eigenvalue weighted by Crippen LogP contribution is 2.14. The zero-order valence-corrected chi connectivity index (χ0v) is 13.9. The quantitative estimate of drug-likeness (QED) is 0.679. The van der Waals surface area contributed by atoms with Gasteiger partial charge in [0.1, 0.15) is 5.65 Å². The van der Waals surface area contributed by atoms with Crippen molar-refractivity contribution in [3.63, 3.8) is 0 Å². The fourth-order valence-corrected chi connectivity index (χ4v) is 2.47. The fourth-order valence-electron chi connectivity index (χ4n) is 1.69. The highest BCUT2D eigenvalue weighted by molar-refractivity contribution is 8.13. The summed E-state index contributed by atoms with van der Waals surface area (Å²) >= 11 is 1.39. The Morgan fingerprint density at radius 2 is 2.14 bits per heavy atom. The average Bonchev–Trinajstić information content (AvgIpc) is 2.34. The Labute approximate surface area is 134 Å². The molecule has 7 heteroatoms. The van der Waals surface area contributed by atoms with Crippen molar-refractivity contribution < 1.29 is 0 Å². The first kappa shape index (κ1) is 17.5. The third-order valence-electron chi connectivity index (χ3n) is 2.44. The minimum absolute atomic E-state index is 0. The average molecular weight is 327 g/mol. The molecular formula is C14H19ClN4OS. The van der Waals surface area contributed by atoms with Crippen LogP contribution in [0.4, 0.5) is 0 Å². The third kappa shape index (κ3) is 5.06. The lowest BCUT2D eigenvalue weighted by atomic mass is 10.1. The molecule has 2 N–H and O–H groups in total. The number of nitrogens with zero attached hydrogens (tertiary/aromatic N) is 3. The maximum Gasteiger partial charge on any atom is 0.258 e. The molecule has 0 amide bonds. The van der Waals surface area contributed by atoms with Gasteiger partial charge in [0, 0.05) is 18.0 Å². The minimum atomic E-state index is -0.201. The van der Waals surface area contributed by atoms with Crippen LogP contribution in [0, 0.1) is 0 Å². The van der Waals surface area contributed by atoms with Crippen molar-refractivity contribution in [3.05, 3.63) is 46.5 Å². The molecule has 2 heterocycles. The summed E-state index contributed by atoms with van der Waals surface area (Å²) in [6.45, 7) is 5.96. The molecule has 0 radical (unpaired) electrons. The van der Waals surface area contributed by atoms with Gasteiger partial charge in [-0.2, -0.15) is 0 Å². The molecular weight excluding hydrogens is 308 g/mol. The Balaban J connectivity index is 0.00000220. The molecule has 0 aliphatic rings. The number of halogens is 1. The van der Waals surface area contributed by atoms with E-state index in [4.69, 9.17) is 5.73 Å². The maximum absolute atomic E-state index is 11.9. The predicted octanol–water partition coefficient (Wildman–Crippen LogP) is 2.46. The second kappa shape index (κ2) is 6.95. The van der Waals surface area contributed by atoms with Crippen LogP contribution in [-0.2, 0) is 5.75 Å². The van der Waals surface area contributed by atoms with E-state index >= 15 is 0 Å². The number of hydrogen-bond acceptors (Lipinski definition) is 4. The van der Waals surface area contributed by atoms with Gasteiger partial charge < -0.3 is 5.73 Å². The number of rotatable bonds is 2. The third-order valence-corrected chi connectivity index (χ3v) is 3.26. The number of amidine groups is 1. The van der Waals surface area contributed by atoms with Gasteiger partial charge in [-0.3, -0.25) is 14.2 Å². The molecule has 2 rings (SSSR count). The van der Waals surface area contributed by atoms with Crippen LogP contribution in [0.3, 0.4) is 0 Å². The van der Waals surface area contributed by atoms with Crippen molar-refractivity contribution in [2.45, 2.75) is 32.1 Å². The van der Waals surface area contributed by atoms with Gasteiger partial charge in [0.15, 0.2) is 5.17 Å². The molecule has 0 fully saturated rings. The summed E-state index contributed by atoms with van der Waals surface area (Å²) in [7, 11) is 0. The van der Waals surface area contributed by atoms with E-state index in [0.29, 0.717) is 22.3 Å². The Bertz CT molecular complexity index is 706. The van der Waals surface area contributed by atoms with Gasteiger partial charge in [0.25, 0.3) is 5.56 Å². The summed E-state index contributed by atoms with van der Waals surface area (Å²) in [6.07, 6.45) is 1.71. The van der Waals surface area contributed by atoms with Gasteiger partial charge in [-0.25, -0.2) is 4.98 Å². The van der Waals surface area contributed by atoms with E-state index in [1.54, 1.807) is 12.3 Å². The molecule has 2 aromatic heterocycles. The van der Waals surface area contributed by atoms with Crippen molar-refractivity contribution in [3.8, 4) is 0 Å². The van der Waals surface area contributed by atoms with Crippen LogP contribution >= 0.6 is 24.2 Å². The Morgan fingerprint density at radius 1 is 1.43 bits per heavy atom. The van der Waals surface area contributed by atoms with Crippen LogP contribution in [0.1, 0.15) is 26.5 Å². The van der Waals surface area contributed by atoms with Crippen molar-refractivity contribution in [2.24, 2.45) is 10.7 Å². The first-order valence-corrected chi connectivity index (χ1v) is 7.29. The van der Waals surface area contributed by atoms with E-state index in [9.17, 15) is 4.79 Å². The molecule has 0 bridgehead atoms. The number of pyridine rings is 1. The predicted molar refractivity (Wildman–Crippen MR) is 91.4 cm³/mol. The van der Waals surface area contributed by atoms with Crippen LogP contribution in [0.25, 0.3) is 5.65 Å². The fraction of sp³-hybridized carbons (Fsp3) is 0.357. The van der Waals surface area contributed by atoms with Gasteiger partial charge >= 0.3 is 0 Å². The van der Waals surface area contributed by atoms with Gasteiger partial charge in [-0.15, -0.1) is 12.4 Å². The number of aromatic nitrogens is 2. The summed E-state index contributed by atoms with van der Waals surface area (Å²) in [5, 5.41) is 0.507. The molecule has 0 aromatic carbocycles. The molecule has 0 unspecified atom stereocenters. The van der Waals surface area contributed by atoms with Gasteiger partial charge in [0.05, 0.1) is 11.2 Å².